The number of allylic oxidation sites excluding steroid dienone is 3. The van der Waals surface area contributed by atoms with Crippen LogP contribution < -0.4 is 5.32 Å². The average Bonchev–Trinajstić information content (AvgIpc) is 2.60. The SMILES string of the molecule is C1=CC2=COC3(CC[N]CC3)C2C=C1. The molecule has 1 unspecified atom stereocenters. The van der Waals surface area contributed by atoms with Crippen molar-refractivity contribution < 1.29 is 4.74 Å². The zero-order chi connectivity index (χ0) is 9.43. The highest BCUT2D eigenvalue weighted by atomic mass is 16.5. The molecule has 1 atom stereocenters. The van der Waals surface area contributed by atoms with E-state index in [0.29, 0.717) is 5.92 Å². The molecule has 0 aromatic carbocycles. The van der Waals surface area contributed by atoms with Crippen molar-refractivity contribution in [2.75, 3.05) is 13.1 Å². The van der Waals surface area contributed by atoms with Crippen LogP contribution in [0.4, 0.5) is 0 Å². The van der Waals surface area contributed by atoms with E-state index in [4.69, 9.17) is 4.74 Å². The second-order valence-electron chi connectivity index (χ2n) is 4.19. The number of rotatable bonds is 0. The van der Waals surface area contributed by atoms with Gasteiger partial charge in [-0.05, 0) is 5.57 Å². The third kappa shape index (κ3) is 1.07. The van der Waals surface area contributed by atoms with E-state index in [9.17, 15) is 0 Å². The van der Waals surface area contributed by atoms with Crippen LogP contribution >= 0.6 is 0 Å². The molecule has 3 rings (SSSR count). The van der Waals surface area contributed by atoms with Crippen LogP contribution in [0, 0.1) is 5.92 Å². The summed E-state index contributed by atoms with van der Waals surface area (Å²) in [4.78, 5) is 0. The molecule has 0 N–H and O–H groups in total. The Hall–Kier alpha value is -1.02. The fraction of sp³-hybridized carbons (Fsp3) is 0.500. The number of ether oxygens (including phenoxy) is 1. The third-order valence-corrected chi connectivity index (χ3v) is 3.45. The molecule has 73 valence electrons. The van der Waals surface area contributed by atoms with Crippen molar-refractivity contribution in [2.45, 2.75) is 18.4 Å². The highest BCUT2D eigenvalue weighted by molar-refractivity contribution is 5.38. The number of fused-ring (bicyclic) bond motifs is 2. The lowest BCUT2D eigenvalue weighted by Crippen LogP contribution is -2.44. The van der Waals surface area contributed by atoms with Gasteiger partial charge in [-0.1, -0.05) is 24.3 Å². The Morgan fingerprint density at radius 2 is 2.14 bits per heavy atom. The molecule has 1 fully saturated rings. The van der Waals surface area contributed by atoms with Crippen molar-refractivity contribution in [2.24, 2.45) is 5.92 Å². The van der Waals surface area contributed by atoms with E-state index in [1.165, 1.54) is 5.57 Å². The second kappa shape index (κ2) is 2.99. The Morgan fingerprint density at radius 1 is 1.29 bits per heavy atom. The predicted octanol–water partition coefficient (Wildman–Crippen LogP) is 1.78. The van der Waals surface area contributed by atoms with E-state index in [1.54, 1.807) is 0 Å². The summed E-state index contributed by atoms with van der Waals surface area (Å²) in [5, 5.41) is 4.39. The lowest BCUT2D eigenvalue weighted by Gasteiger charge is -2.37. The minimum Gasteiger partial charge on any atom is -0.494 e. The number of piperidine rings is 1. The number of hydrogen-bond donors (Lipinski definition) is 0. The lowest BCUT2D eigenvalue weighted by molar-refractivity contribution is -0.00698. The first-order valence-electron chi connectivity index (χ1n) is 5.27. The summed E-state index contributed by atoms with van der Waals surface area (Å²) >= 11 is 0. The van der Waals surface area contributed by atoms with E-state index in [0.717, 1.165) is 25.9 Å². The van der Waals surface area contributed by atoms with Gasteiger partial charge < -0.3 is 4.74 Å². The molecule has 0 amide bonds. The largest absolute Gasteiger partial charge is 0.494 e. The predicted molar refractivity (Wildman–Crippen MR) is 54.8 cm³/mol. The van der Waals surface area contributed by atoms with Gasteiger partial charge in [-0.25, -0.2) is 5.32 Å². The molecule has 2 heterocycles. The average molecular weight is 188 g/mol. The van der Waals surface area contributed by atoms with Gasteiger partial charge in [-0.15, -0.1) is 0 Å². The number of nitrogens with zero attached hydrogens (tertiary/aromatic N) is 1. The summed E-state index contributed by atoms with van der Waals surface area (Å²) in [5.41, 5.74) is 1.37. The van der Waals surface area contributed by atoms with Gasteiger partial charge in [-0.2, -0.15) is 0 Å². The zero-order valence-corrected chi connectivity index (χ0v) is 8.15. The Balaban J connectivity index is 1.90. The van der Waals surface area contributed by atoms with E-state index < -0.39 is 0 Å². The fourth-order valence-electron chi connectivity index (χ4n) is 2.61. The summed E-state index contributed by atoms with van der Waals surface area (Å²) < 4.78 is 5.90. The quantitative estimate of drug-likeness (QED) is 0.568. The van der Waals surface area contributed by atoms with Crippen molar-refractivity contribution in [1.82, 2.24) is 5.32 Å². The van der Waals surface area contributed by atoms with Gasteiger partial charge in [0.25, 0.3) is 0 Å². The van der Waals surface area contributed by atoms with Crippen molar-refractivity contribution >= 4 is 0 Å². The zero-order valence-electron chi connectivity index (χ0n) is 8.15. The molecule has 0 saturated carbocycles. The maximum absolute atomic E-state index is 5.90. The van der Waals surface area contributed by atoms with Crippen molar-refractivity contribution in [3.05, 3.63) is 36.1 Å². The van der Waals surface area contributed by atoms with Gasteiger partial charge in [0.2, 0.25) is 0 Å². The lowest BCUT2D eigenvalue weighted by atomic mass is 9.76. The first-order valence-corrected chi connectivity index (χ1v) is 5.27. The van der Waals surface area contributed by atoms with Crippen LogP contribution in [0.3, 0.4) is 0 Å². The van der Waals surface area contributed by atoms with Crippen LogP contribution in [0.15, 0.2) is 36.1 Å². The Morgan fingerprint density at radius 3 is 3.00 bits per heavy atom. The third-order valence-electron chi connectivity index (χ3n) is 3.45. The van der Waals surface area contributed by atoms with Gasteiger partial charge >= 0.3 is 0 Å². The molecule has 0 bridgehead atoms. The van der Waals surface area contributed by atoms with Crippen LogP contribution in [-0.4, -0.2) is 18.7 Å². The van der Waals surface area contributed by atoms with Gasteiger partial charge in [-0.3, -0.25) is 0 Å². The molecule has 2 nitrogen and oxygen atoms in total. The second-order valence-corrected chi connectivity index (χ2v) is 4.19. The van der Waals surface area contributed by atoms with E-state index in [-0.39, 0.29) is 5.60 Å². The maximum atomic E-state index is 5.90. The molecular weight excluding hydrogens is 174 g/mol. The van der Waals surface area contributed by atoms with Crippen LogP contribution in [0.25, 0.3) is 0 Å². The first kappa shape index (κ1) is 8.30. The summed E-state index contributed by atoms with van der Waals surface area (Å²) in [7, 11) is 0. The molecule has 0 aromatic heterocycles. The molecule has 1 aliphatic carbocycles. The minimum absolute atomic E-state index is 0.0400. The molecule has 14 heavy (non-hydrogen) atoms. The summed E-state index contributed by atoms with van der Waals surface area (Å²) in [5.74, 6) is 0.475. The van der Waals surface area contributed by atoms with E-state index in [1.807, 2.05) is 6.26 Å². The molecule has 1 saturated heterocycles. The van der Waals surface area contributed by atoms with Gasteiger partial charge in [0.15, 0.2) is 0 Å². The smallest absolute Gasteiger partial charge is 0.121 e. The molecule has 2 aliphatic heterocycles. The van der Waals surface area contributed by atoms with E-state index in [2.05, 4.69) is 29.6 Å². The van der Waals surface area contributed by atoms with E-state index >= 15 is 0 Å². The fourth-order valence-corrected chi connectivity index (χ4v) is 2.61. The highest BCUT2D eigenvalue weighted by Gasteiger charge is 2.45. The maximum Gasteiger partial charge on any atom is 0.121 e. The van der Waals surface area contributed by atoms with Gasteiger partial charge in [0, 0.05) is 31.8 Å². The summed E-state index contributed by atoms with van der Waals surface area (Å²) in [6.45, 7) is 1.91. The molecule has 0 aromatic rings. The Labute approximate surface area is 84.3 Å². The Kier molecular flexibility index (Phi) is 1.77. The monoisotopic (exact) mass is 188 g/mol. The molecular formula is C12H14NO. The first-order chi connectivity index (χ1) is 6.91. The summed E-state index contributed by atoms with van der Waals surface area (Å²) in [6, 6.07) is 0. The molecule has 1 spiro atoms. The topological polar surface area (TPSA) is 23.3 Å². The Bertz CT molecular complexity index is 321. The van der Waals surface area contributed by atoms with Crippen LogP contribution in [0.5, 0.6) is 0 Å². The van der Waals surface area contributed by atoms with Crippen molar-refractivity contribution in [3.63, 3.8) is 0 Å². The van der Waals surface area contributed by atoms with Crippen LogP contribution in [-0.2, 0) is 4.74 Å². The highest BCUT2D eigenvalue weighted by Crippen LogP contribution is 2.44. The molecule has 3 aliphatic rings. The van der Waals surface area contributed by atoms with Gasteiger partial charge in [0.1, 0.15) is 5.60 Å². The van der Waals surface area contributed by atoms with Crippen LogP contribution in [0.1, 0.15) is 12.8 Å². The molecule has 2 heteroatoms. The van der Waals surface area contributed by atoms with Crippen LogP contribution in [0.2, 0.25) is 0 Å². The normalized spacial score (nSPS) is 32.6. The minimum atomic E-state index is 0.0400. The van der Waals surface area contributed by atoms with Crippen molar-refractivity contribution in [3.8, 4) is 0 Å². The van der Waals surface area contributed by atoms with Crippen molar-refractivity contribution in [1.29, 1.82) is 0 Å². The number of hydrogen-bond acceptors (Lipinski definition) is 1. The summed E-state index contributed by atoms with van der Waals surface area (Å²) in [6.07, 6.45) is 12.7. The molecule has 1 radical (unpaired) electrons. The standard InChI is InChI=1S/C12H14NO/c1-2-4-11-10(3-1)9-14-12(11)5-7-13-8-6-12/h1-4,9,11H,5-8H2. The van der Waals surface area contributed by atoms with Gasteiger partial charge in [0.05, 0.1) is 6.26 Å².